The summed E-state index contributed by atoms with van der Waals surface area (Å²) in [5, 5.41) is 4.28. The maximum atomic E-state index is 12.0. The fraction of sp³-hybridized carbons (Fsp3) is 0.647. The Labute approximate surface area is 141 Å². The van der Waals surface area contributed by atoms with Gasteiger partial charge in [0.2, 0.25) is 0 Å². The Kier molecular flexibility index (Phi) is 6.52. The highest BCUT2D eigenvalue weighted by Gasteiger charge is 2.28. The first kappa shape index (κ1) is 18.2. The van der Waals surface area contributed by atoms with Crippen LogP contribution in [0.2, 0.25) is 0 Å². The lowest BCUT2D eigenvalue weighted by atomic mass is 9.77. The lowest BCUT2D eigenvalue weighted by molar-refractivity contribution is -0.144. The van der Waals surface area contributed by atoms with E-state index in [2.05, 4.69) is 14.6 Å². The molecule has 0 N–H and O–H groups in total. The van der Waals surface area contributed by atoms with Crippen molar-refractivity contribution >= 4 is 17.7 Å². The lowest BCUT2D eigenvalue weighted by Gasteiger charge is -2.26. The van der Waals surface area contributed by atoms with Gasteiger partial charge in [0.15, 0.2) is 0 Å². The van der Waals surface area contributed by atoms with Crippen molar-refractivity contribution in [1.29, 1.82) is 0 Å². The average molecular weight is 336 g/mol. The molecule has 1 aliphatic carbocycles. The largest absolute Gasteiger partial charge is 0.469 e. The van der Waals surface area contributed by atoms with Gasteiger partial charge in [-0.25, -0.2) is 0 Å². The van der Waals surface area contributed by atoms with Gasteiger partial charge >= 0.3 is 11.9 Å². The smallest absolute Gasteiger partial charge is 0.313 e. The van der Waals surface area contributed by atoms with Crippen molar-refractivity contribution in [3.8, 4) is 0 Å². The van der Waals surface area contributed by atoms with Crippen molar-refractivity contribution in [1.82, 2.24) is 9.78 Å². The molecule has 1 fully saturated rings. The molecule has 1 heterocycles. The number of esters is 2. The van der Waals surface area contributed by atoms with Crippen molar-refractivity contribution in [2.45, 2.75) is 51.0 Å². The zero-order valence-corrected chi connectivity index (χ0v) is 14.2. The number of hydrogen-bond donors (Lipinski definition) is 0. The molecule has 0 atom stereocenters. The molecule has 0 amide bonds. The summed E-state index contributed by atoms with van der Waals surface area (Å²) in [7, 11) is 2.67. The molecule has 1 aromatic heterocycles. The van der Waals surface area contributed by atoms with Gasteiger partial charge in [0.1, 0.15) is 12.2 Å². The van der Waals surface area contributed by atoms with E-state index in [1.54, 1.807) is 4.68 Å². The Hall–Kier alpha value is -2.18. The van der Waals surface area contributed by atoms with E-state index in [0.717, 1.165) is 31.2 Å². The lowest BCUT2D eigenvalue weighted by Crippen LogP contribution is -2.23. The maximum absolute atomic E-state index is 12.0. The Morgan fingerprint density at radius 2 is 1.79 bits per heavy atom. The maximum Gasteiger partial charge on any atom is 0.313 e. The monoisotopic (exact) mass is 336 g/mol. The SMILES string of the molecule is COC(=O)CCn1cc(C2CCC(C(=O)CC(=O)OC)CC2)cn1. The summed E-state index contributed by atoms with van der Waals surface area (Å²) in [6, 6.07) is 0. The molecule has 7 heteroatoms. The van der Waals surface area contributed by atoms with Crippen molar-refractivity contribution < 1.29 is 23.9 Å². The van der Waals surface area contributed by atoms with Gasteiger partial charge in [0.25, 0.3) is 0 Å². The average Bonchev–Trinajstić information content (AvgIpc) is 3.08. The minimum atomic E-state index is -0.464. The molecule has 0 bridgehead atoms. The van der Waals surface area contributed by atoms with Gasteiger partial charge in [0, 0.05) is 12.1 Å². The van der Waals surface area contributed by atoms with E-state index in [-0.39, 0.29) is 24.1 Å². The Balaban J connectivity index is 1.82. The second-order valence-electron chi connectivity index (χ2n) is 6.13. The van der Waals surface area contributed by atoms with Gasteiger partial charge < -0.3 is 9.47 Å². The van der Waals surface area contributed by atoms with Crippen LogP contribution in [0.3, 0.4) is 0 Å². The first-order valence-electron chi connectivity index (χ1n) is 8.22. The van der Waals surface area contributed by atoms with Crippen molar-refractivity contribution in [2.24, 2.45) is 5.92 Å². The molecule has 132 valence electrons. The third-order valence-electron chi connectivity index (χ3n) is 4.63. The van der Waals surface area contributed by atoms with Crippen LogP contribution in [0.5, 0.6) is 0 Å². The summed E-state index contributed by atoms with van der Waals surface area (Å²) in [6.45, 7) is 0.500. The molecule has 0 unspecified atom stereocenters. The van der Waals surface area contributed by atoms with Gasteiger partial charge in [-0.2, -0.15) is 5.10 Å². The minimum absolute atomic E-state index is 0.0194. The number of Topliss-reactive ketones (excluding diaryl/α,β-unsaturated/α-hetero) is 1. The number of methoxy groups -OCH3 is 2. The summed E-state index contributed by atoms with van der Waals surface area (Å²) < 4.78 is 10.9. The number of rotatable bonds is 7. The van der Waals surface area contributed by atoms with Crippen LogP contribution in [0, 0.1) is 5.92 Å². The molecule has 0 spiro atoms. The van der Waals surface area contributed by atoms with Gasteiger partial charge in [-0.1, -0.05) is 0 Å². The van der Waals surface area contributed by atoms with Crippen LogP contribution in [0.25, 0.3) is 0 Å². The van der Waals surface area contributed by atoms with Crippen LogP contribution in [-0.2, 0) is 30.4 Å². The molecule has 24 heavy (non-hydrogen) atoms. The molecule has 0 aromatic carbocycles. The predicted molar refractivity (Wildman–Crippen MR) is 85.2 cm³/mol. The zero-order chi connectivity index (χ0) is 17.5. The molecular weight excluding hydrogens is 312 g/mol. The zero-order valence-electron chi connectivity index (χ0n) is 14.2. The summed E-state index contributed by atoms with van der Waals surface area (Å²) in [4.78, 5) is 34.4. The fourth-order valence-electron chi connectivity index (χ4n) is 3.13. The Morgan fingerprint density at radius 1 is 1.12 bits per heavy atom. The summed E-state index contributed by atoms with van der Waals surface area (Å²) >= 11 is 0. The van der Waals surface area contributed by atoms with Crippen molar-refractivity contribution in [2.75, 3.05) is 14.2 Å². The van der Waals surface area contributed by atoms with Crippen LogP contribution < -0.4 is 0 Å². The number of hydrogen-bond acceptors (Lipinski definition) is 6. The molecule has 2 rings (SSSR count). The number of aryl methyl sites for hydroxylation is 1. The van der Waals surface area contributed by atoms with Gasteiger partial charge in [-0.3, -0.25) is 19.1 Å². The number of ketones is 1. The van der Waals surface area contributed by atoms with Crippen LogP contribution in [0.15, 0.2) is 12.4 Å². The summed E-state index contributed by atoms with van der Waals surface area (Å²) in [5.41, 5.74) is 1.14. The quantitative estimate of drug-likeness (QED) is 0.558. The second-order valence-corrected chi connectivity index (χ2v) is 6.13. The van der Waals surface area contributed by atoms with Crippen LogP contribution >= 0.6 is 0 Å². The predicted octanol–water partition coefficient (Wildman–Crippen LogP) is 1.85. The molecule has 7 nitrogen and oxygen atoms in total. The highest BCUT2D eigenvalue weighted by molar-refractivity contribution is 5.96. The van der Waals surface area contributed by atoms with Gasteiger partial charge in [0.05, 0.1) is 33.4 Å². The molecule has 0 aliphatic heterocycles. The number of nitrogens with zero attached hydrogens (tertiary/aromatic N) is 2. The van der Waals surface area contributed by atoms with E-state index in [1.807, 2.05) is 12.4 Å². The topological polar surface area (TPSA) is 87.5 Å². The van der Waals surface area contributed by atoms with E-state index in [1.165, 1.54) is 14.2 Å². The third-order valence-corrected chi connectivity index (χ3v) is 4.63. The first-order chi connectivity index (χ1) is 11.5. The van der Waals surface area contributed by atoms with E-state index >= 15 is 0 Å². The number of carbonyl (C=O) groups excluding carboxylic acids is 3. The molecule has 1 aliphatic rings. The van der Waals surface area contributed by atoms with E-state index < -0.39 is 5.97 Å². The van der Waals surface area contributed by atoms with Crippen molar-refractivity contribution in [3.63, 3.8) is 0 Å². The molecule has 1 aromatic rings. The van der Waals surface area contributed by atoms with Crippen LogP contribution in [-0.4, -0.2) is 41.7 Å². The normalized spacial score (nSPS) is 20.4. The standard InChI is InChI=1S/C17H24N2O5/c1-23-16(21)7-8-19-11-14(10-18-19)12-3-5-13(6-4-12)15(20)9-17(22)24-2/h10-13H,3-9H2,1-2H3. The van der Waals surface area contributed by atoms with Gasteiger partial charge in [-0.15, -0.1) is 0 Å². The first-order valence-corrected chi connectivity index (χ1v) is 8.22. The summed E-state index contributed by atoms with van der Waals surface area (Å²) in [5.74, 6) is -0.409. The molecule has 0 radical (unpaired) electrons. The van der Waals surface area contributed by atoms with E-state index in [0.29, 0.717) is 18.9 Å². The fourth-order valence-corrected chi connectivity index (χ4v) is 3.13. The molecule has 1 saturated carbocycles. The van der Waals surface area contributed by atoms with Gasteiger partial charge in [-0.05, 0) is 37.2 Å². The second kappa shape index (κ2) is 8.61. The Bertz CT molecular complexity index is 588. The highest BCUT2D eigenvalue weighted by Crippen LogP contribution is 2.36. The number of carbonyl (C=O) groups is 3. The van der Waals surface area contributed by atoms with E-state index in [9.17, 15) is 14.4 Å². The number of ether oxygens (including phenoxy) is 2. The molecular formula is C17H24N2O5. The highest BCUT2D eigenvalue weighted by atomic mass is 16.5. The molecule has 0 saturated heterocycles. The number of aromatic nitrogens is 2. The van der Waals surface area contributed by atoms with Crippen LogP contribution in [0.1, 0.15) is 50.0 Å². The summed E-state index contributed by atoms with van der Waals surface area (Å²) in [6.07, 6.45) is 7.34. The van der Waals surface area contributed by atoms with Crippen molar-refractivity contribution in [3.05, 3.63) is 18.0 Å². The minimum Gasteiger partial charge on any atom is -0.469 e. The van der Waals surface area contributed by atoms with Crippen LogP contribution in [0.4, 0.5) is 0 Å². The Morgan fingerprint density at radius 3 is 2.42 bits per heavy atom. The van der Waals surface area contributed by atoms with E-state index in [4.69, 9.17) is 0 Å². The third kappa shape index (κ3) is 4.91.